The summed E-state index contributed by atoms with van der Waals surface area (Å²) in [5, 5.41) is 5.85. The first kappa shape index (κ1) is 23.4. The molecule has 3 aliphatic rings. The minimum Gasteiger partial charge on any atom is -0.386 e. The maximum Gasteiger partial charge on any atom is 0.346 e. The van der Waals surface area contributed by atoms with Gasteiger partial charge < -0.3 is 4.74 Å². The third-order valence-electron chi connectivity index (χ3n) is 9.36. The summed E-state index contributed by atoms with van der Waals surface area (Å²) in [6.07, 6.45) is 0. The van der Waals surface area contributed by atoms with Gasteiger partial charge >= 0.3 is 11.9 Å². The molecule has 0 N–H and O–H groups in total. The molecule has 2 aliphatic heterocycles. The number of esters is 2. The highest BCUT2D eigenvalue weighted by Crippen LogP contribution is 2.47. The second-order valence-corrected chi connectivity index (χ2v) is 11.4. The van der Waals surface area contributed by atoms with E-state index in [0.717, 1.165) is 48.3 Å². The number of nitrogens with zero attached hydrogens (tertiary/aromatic N) is 1. The molecule has 0 saturated heterocycles. The average Bonchev–Trinajstić information content (AvgIpc) is 3.32. The number of imide groups is 1. The van der Waals surface area contributed by atoms with E-state index in [-0.39, 0.29) is 5.78 Å². The van der Waals surface area contributed by atoms with Crippen LogP contribution in [0.4, 0.5) is 5.69 Å². The molecule has 1 aliphatic carbocycles. The Morgan fingerprint density at radius 1 is 0.409 bits per heavy atom. The van der Waals surface area contributed by atoms with Gasteiger partial charge in [-0.3, -0.25) is 14.4 Å². The van der Waals surface area contributed by atoms with Crippen LogP contribution >= 0.6 is 0 Å². The zero-order valence-electron chi connectivity index (χ0n) is 22.6. The first-order chi connectivity index (χ1) is 21.4. The van der Waals surface area contributed by atoms with E-state index in [1.807, 2.05) is 42.5 Å². The Morgan fingerprint density at radius 2 is 0.864 bits per heavy atom. The first-order valence-corrected chi connectivity index (χ1v) is 14.1. The van der Waals surface area contributed by atoms with Crippen LogP contribution in [-0.2, 0) is 4.74 Å². The van der Waals surface area contributed by atoms with Gasteiger partial charge in [-0.25, -0.2) is 14.5 Å². The topological polar surface area (TPSA) is 97.8 Å². The maximum absolute atomic E-state index is 14.1. The van der Waals surface area contributed by atoms with E-state index in [1.54, 1.807) is 48.5 Å². The lowest BCUT2D eigenvalue weighted by Crippen LogP contribution is -2.40. The third kappa shape index (κ3) is 2.57. The smallest absolute Gasteiger partial charge is 0.346 e. The van der Waals surface area contributed by atoms with Crippen molar-refractivity contribution in [3.8, 4) is 11.1 Å². The Balaban J connectivity index is 1.21. The lowest BCUT2D eigenvalue weighted by atomic mass is 9.83. The zero-order valence-corrected chi connectivity index (χ0v) is 22.6. The fourth-order valence-electron chi connectivity index (χ4n) is 7.50. The number of anilines is 1. The minimum atomic E-state index is -0.685. The molecule has 2 heterocycles. The van der Waals surface area contributed by atoms with Crippen LogP contribution in [0.15, 0.2) is 91.0 Å². The molecule has 0 unspecified atom stereocenters. The van der Waals surface area contributed by atoms with E-state index in [4.69, 9.17) is 4.74 Å². The Morgan fingerprint density at radius 3 is 1.43 bits per heavy atom. The molecule has 0 fully saturated rings. The first-order valence-electron chi connectivity index (χ1n) is 14.1. The van der Waals surface area contributed by atoms with E-state index >= 15 is 0 Å². The number of carbonyl (C=O) groups excluding carboxylic acids is 5. The Hall–Kier alpha value is -6.21. The number of ketones is 1. The van der Waals surface area contributed by atoms with Crippen molar-refractivity contribution >= 4 is 78.3 Å². The van der Waals surface area contributed by atoms with E-state index in [2.05, 4.69) is 0 Å². The van der Waals surface area contributed by atoms with Crippen molar-refractivity contribution in [2.45, 2.75) is 0 Å². The minimum absolute atomic E-state index is 0.137. The number of benzene rings is 7. The van der Waals surface area contributed by atoms with Gasteiger partial charge in [-0.15, -0.1) is 0 Å². The molecular formula is C37H15NO6. The van der Waals surface area contributed by atoms with E-state index in [1.165, 1.54) is 0 Å². The highest BCUT2D eigenvalue weighted by molar-refractivity contribution is 6.43. The summed E-state index contributed by atoms with van der Waals surface area (Å²) in [5.74, 6) is -2.45. The van der Waals surface area contributed by atoms with Crippen molar-refractivity contribution < 1.29 is 28.7 Å². The standard InChI is InChI=1S/C37H15NO6/c39-33-23-4-2-1-3-17(23)18-6-5-16(15-28(18)33)38-34(40)24-11-7-19-21-9-13-26-32-27(37(43)44-36(26)42)14-10-22(30(21)32)20-8-12-25(35(38)41)31(24)29(19)20/h1-15H. The molecule has 2 amide bonds. The summed E-state index contributed by atoms with van der Waals surface area (Å²) < 4.78 is 4.96. The average molecular weight is 570 g/mol. The summed E-state index contributed by atoms with van der Waals surface area (Å²) in [6.45, 7) is 0. The van der Waals surface area contributed by atoms with E-state index < -0.39 is 23.8 Å². The molecule has 0 saturated carbocycles. The van der Waals surface area contributed by atoms with Gasteiger partial charge in [-0.05, 0) is 79.8 Å². The molecular weight excluding hydrogens is 554 g/mol. The third-order valence-corrected chi connectivity index (χ3v) is 9.36. The van der Waals surface area contributed by atoms with Crippen LogP contribution < -0.4 is 4.90 Å². The van der Waals surface area contributed by atoms with Crippen LogP contribution in [0.2, 0.25) is 0 Å². The molecule has 0 aromatic heterocycles. The molecule has 10 rings (SSSR count). The van der Waals surface area contributed by atoms with Crippen molar-refractivity contribution in [2.75, 3.05) is 4.90 Å². The van der Waals surface area contributed by atoms with Crippen LogP contribution in [0.1, 0.15) is 57.4 Å². The van der Waals surface area contributed by atoms with Crippen LogP contribution in [-0.4, -0.2) is 29.5 Å². The fraction of sp³-hybridized carbons (Fsp3) is 0. The van der Waals surface area contributed by atoms with Gasteiger partial charge in [0, 0.05) is 33.0 Å². The second-order valence-electron chi connectivity index (χ2n) is 11.4. The molecule has 7 nitrogen and oxygen atoms in total. The number of carbonyl (C=O) groups is 5. The summed E-state index contributed by atoms with van der Waals surface area (Å²) >= 11 is 0. The molecule has 0 spiro atoms. The van der Waals surface area contributed by atoms with Crippen molar-refractivity contribution in [1.29, 1.82) is 0 Å². The highest BCUT2D eigenvalue weighted by Gasteiger charge is 2.37. The number of hydrogen-bond acceptors (Lipinski definition) is 6. The van der Waals surface area contributed by atoms with Gasteiger partial charge in [0.15, 0.2) is 5.78 Å². The normalized spacial score (nSPS) is 15.2. The number of ether oxygens (including phenoxy) is 1. The number of amides is 2. The Labute approximate surface area is 247 Å². The predicted octanol–water partition coefficient (Wildman–Crippen LogP) is 7.06. The number of hydrogen-bond donors (Lipinski definition) is 0. The van der Waals surface area contributed by atoms with Gasteiger partial charge in [-0.2, -0.15) is 0 Å². The van der Waals surface area contributed by atoms with Crippen LogP contribution in [0.25, 0.3) is 54.2 Å². The Bertz CT molecular complexity index is 2510. The monoisotopic (exact) mass is 569 g/mol. The summed E-state index contributed by atoms with van der Waals surface area (Å²) in [7, 11) is 0. The molecule has 44 heavy (non-hydrogen) atoms. The predicted molar refractivity (Wildman–Crippen MR) is 164 cm³/mol. The highest BCUT2D eigenvalue weighted by atomic mass is 16.6. The van der Waals surface area contributed by atoms with Gasteiger partial charge in [0.1, 0.15) is 0 Å². The fourth-order valence-corrected chi connectivity index (χ4v) is 7.50. The molecule has 0 radical (unpaired) electrons. The van der Waals surface area contributed by atoms with Crippen molar-refractivity contribution in [1.82, 2.24) is 0 Å². The van der Waals surface area contributed by atoms with Gasteiger partial charge in [0.25, 0.3) is 11.8 Å². The van der Waals surface area contributed by atoms with Crippen molar-refractivity contribution in [3.63, 3.8) is 0 Å². The van der Waals surface area contributed by atoms with Gasteiger partial charge in [-0.1, -0.05) is 54.6 Å². The lowest BCUT2D eigenvalue weighted by Gasteiger charge is -2.29. The molecule has 7 aromatic carbocycles. The number of rotatable bonds is 1. The quantitative estimate of drug-likeness (QED) is 0.0690. The van der Waals surface area contributed by atoms with E-state index in [9.17, 15) is 24.0 Å². The molecule has 204 valence electrons. The number of cyclic esters (lactones) is 2. The summed E-state index contributed by atoms with van der Waals surface area (Å²) in [5.41, 5.74) is 4.41. The second kappa shape index (κ2) is 7.59. The van der Waals surface area contributed by atoms with Crippen LogP contribution in [0.3, 0.4) is 0 Å². The van der Waals surface area contributed by atoms with Crippen molar-refractivity contribution in [2.24, 2.45) is 0 Å². The van der Waals surface area contributed by atoms with Crippen LogP contribution in [0, 0.1) is 0 Å². The summed E-state index contributed by atoms with van der Waals surface area (Å²) in [6, 6.07) is 26.6. The molecule has 7 heteroatoms. The van der Waals surface area contributed by atoms with Crippen molar-refractivity contribution in [3.05, 3.63) is 124 Å². The van der Waals surface area contributed by atoms with E-state index in [0.29, 0.717) is 49.8 Å². The maximum atomic E-state index is 14.1. The largest absolute Gasteiger partial charge is 0.386 e. The molecule has 0 bridgehead atoms. The summed E-state index contributed by atoms with van der Waals surface area (Å²) in [4.78, 5) is 67.8. The van der Waals surface area contributed by atoms with Crippen LogP contribution in [0.5, 0.6) is 0 Å². The SMILES string of the molecule is O=C1c2ccccc2-c2ccc(N3C(=O)c4ccc5c6ccc7c8c(ccc(c9ccc(c4c59)C3=O)c86)C(=O)OC7=O)cc21. The lowest BCUT2D eigenvalue weighted by molar-refractivity contribution is 0.0390. The number of fused-ring (bicyclic) bond motifs is 5. The van der Waals surface area contributed by atoms with Gasteiger partial charge in [0.2, 0.25) is 0 Å². The molecule has 0 atom stereocenters. The molecule has 7 aromatic rings. The Kier molecular flexibility index (Phi) is 4.03. The van der Waals surface area contributed by atoms with Gasteiger partial charge in [0.05, 0.1) is 16.8 Å². The zero-order chi connectivity index (χ0) is 29.6.